The lowest BCUT2D eigenvalue weighted by Crippen LogP contribution is -2.65. The van der Waals surface area contributed by atoms with Gasteiger partial charge in [-0.1, -0.05) is 119 Å². The Balaban J connectivity index is 0.000000198. The van der Waals surface area contributed by atoms with E-state index >= 15 is 8.78 Å². The Kier molecular flexibility index (Phi) is 20.9. The van der Waals surface area contributed by atoms with Crippen LogP contribution in [0.2, 0.25) is 20.1 Å². The molecular formula is C68H64Cl4F8N4O12S2. The van der Waals surface area contributed by atoms with Crippen molar-refractivity contribution in [2.75, 3.05) is 21.7 Å². The van der Waals surface area contributed by atoms with Crippen molar-refractivity contribution in [2.45, 2.75) is 147 Å². The van der Waals surface area contributed by atoms with Gasteiger partial charge in [0.25, 0.3) is 11.8 Å². The first kappa shape index (κ1) is 72.5. The van der Waals surface area contributed by atoms with Gasteiger partial charge in [0.2, 0.25) is 20.0 Å². The molecule has 30 heteroatoms. The van der Waals surface area contributed by atoms with Gasteiger partial charge in [0, 0.05) is 20.1 Å². The molecule has 2 heterocycles. The maximum Gasteiger partial charge on any atom is 0.392 e. The Morgan fingerprint density at radius 2 is 0.827 bits per heavy atom. The van der Waals surface area contributed by atoms with Crippen LogP contribution in [0.1, 0.15) is 124 Å². The monoisotopic (exact) mass is 1480 g/mol. The fourth-order valence-electron chi connectivity index (χ4n) is 13.3. The molecule has 4 aliphatic carbocycles. The van der Waals surface area contributed by atoms with Crippen LogP contribution in [0, 0.1) is 23.5 Å². The van der Waals surface area contributed by atoms with Crippen molar-refractivity contribution < 1.29 is 90.8 Å². The van der Waals surface area contributed by atoms with Gasteiger partial charge in [0.05, 0.1) is 84.8 Å². The third-order valence-electron chi connectivity index (χ3n) is 18.3. The molecule has 2 aliphatic heterocycles. The predicted molar refractivity (Wildman–Crippen MR) is 348 cm³/mol. The third-order valence-corrected chi connectivity index (χ3v) is 23.8. The fourth-order valence-corrected chi connectivity index (χ4v) is 17.7. The molecule has 6 fully saturated rings. The van der Waals surface area contributed by atoms with Crippen molar-refractivity contribution >= 4 is 102 Å². The first-order chi connectivity index (χ1) is 46.2. The number of carbonyl (C=O) groups is 4. The average molecular weight is 1490 g/mol. The van der Waals surface area contributed by atoms with Gasteiger partial charge in [-0.15, -0.1) is 0 Å². The van der Waals surface area contributed by atoms with Crippen LogP contribution in [-0.2, 0) is 48.7 Å². The number of alkyl halides is 6. The molecule has 0 unspecified atom stereocenters. The molecule has 4 saturated carbocycles. The standard InChI is InChI=1S/2C34H32Cl2F4N2O6S/c2*35-23-12-10-21(11-13-23)30-31(22-4-3-5-24(36)16-22)48-33(17-29(43)44,19-34(38,39)40)32(45)42(30)28(20-8-9-20)18-41(49(46,47)25-14-15-25)27-7-2-1-6-26(27)37/h2*1-7,10-13,16,20,25,28,30-31H,8-9,14-15,17-19H2,(H,43,44)/t28-,30-,31-,33+;28-,30-,31-,33-/m11/s1. The lowest BCUT2D eigenvalue weighted by molar-refractivity contribution is -0.242. The Morgan fingerprint density at radius 3 is 1.11 bits per heavy atom. The summed E-state index contributed by atoms with van der Waals surface area (Å²) in [5.41, 5.74) is -5.12. The molecule has 6 aromatic carbocycles. The quantitative estimate of drug-likeness (QED) is 0.0543. The molecule has 2 saturated heterocycles. The van der Waals surface area contributed by atoms with Crippen LogP contribution < -0.4 is 8.61 Å². The Hall–Kier alpha value is -6.78. The van der Waals surface area contributed by atoms with Gasteiger partial charge in [0.1, 0.15) is 23.8 Å². The van der Waals surface area contributed by atoms with Crippen LogP contribution in [0.15, 0.2) is 146 Å². The summed E-state index contributed by atoms with van der Waals surface area (Å²) in [6, 6.07) is 30.4. The molecule has 0 bridgehead atoms. The van der Waals surface area contributed by atoms with E-state index in [1.165, 1.54) is 94.7 Å². The van der Waals surface area contributed by atoms with Gasteiger partial charge in [-0.2, -0.15) is 26.3 Å². The van der Waals surface area contributed by atoms with E-state index in [1.807, 2.05) is 0 Å². The summed E-state index contributed by atoms with van der Waals surface area (Å²) < 4.78 is 187. The minimum absolute atomic E-state index is 0.207. The second-order valence-corrected chi connectivity index (χ2v) is 31.6. The highest BCUT2D eigenvalue weighted by Gasteiger charge is 2.64. The second-order valence-electron chi connectivity index (χ2n) is 25.6. The highest BCUT2D eigenvalue weighted by Crippen LogP contribution is 2.56. The van der Waals surface area contributed by atoms with Crippen LogP contribution in [0.5, 0.6) is 0 Å². The SMILES string of the molecule is O=C(O)C[C@@]1(CC(F)(F)F)O[C@H](c2cccc(Cl)c2)[C@@H](c2ccc(Cl)cc2)N([C@H](CN(c2ccccc2F)S(=O)(=O)C2CC2)C2CC2)C1=O.O=C(O)C[C@]1(CC(F)(F)F)O[C@H](c2cccc(Cl)c2)[C@@H](c2ccc(Cl)cc2)N([C@H](CN(c2ccccc2F)S(=O)(=O)C2CC2)C2CC2)C1=O. The molecule has 98 heavy (non-hydrogen) atoms. The summed E-state index contributed by atoms with van der Waals surface area (Å²) >= 11 is 25.1. The molecule has 0 aromatic heterocycles. The van der Waals surface area contributed by atoms with Crippen molar-refractivity contribution in [3.05, 3.63) is 200 Å². The maximum atomic E-state index is 15.4. The first-order valence-electron chi connectivity index (χ1n) is 31.3. The summed E-state index contributed by atoms with van der Waals surface area (Å²) in [7, 11) is -8.36. The van der Waals surface area contributed by atoms with Gasteiger partial charge in [-0.05, 0) is 158 Å². The number of carboxylic acid groups (broad SMARTS) is 2. The number of sulfonamides is 2. The van der Waals surface area contributed by atoms with E-state index in [-0.39, 0.29) is 32.5 Å². The largest absolute Gasteiger partial charge is 0.481 e. The molecule has 8 atom stereocenters. The van der Waals surface area contributed by atoms with Gasteiger partial charge in [-0.25, -0.2) is 25.6 Å². The predicted octanol–water partition coefficient (Wildman–Crippen LogP) is 15.4. The second kappa shape index (κ2) is 28.3. The van der Waals surface area contributed by atoms with Crippen molar-refractivity contribution in [1.82, 2.24) is 9.80 Å². The van der Waals surface area contributed by atoms with Crippen LogP contribution in [0.25, 0.3) is 0 Å². The molecule has 6 aromatic rings. The summed E-state index contributed by atoms with van der Waals surface area (Å²) in [5, 5.41) is 19.3. The van der Waals surface area contributed by atoms with Gasteiger partial charge < -0.3 is 29.5 Å². The van der Waals surface area contributed by atoms with Crippen molar-refractivity contribution in [3.8, 4) is 0 Å². The molecule has 0 radical (unpaired) electrons. The molecule has 2 N–H and O–H groups in total. The number of rotatable bonds is 24. The average Bonchev–Trinajstić information content (AvgIpc) is 0.980. The van der Waals surface area contributed by atoms with Gasteiger partial charge >= 0.3 is 24.3 Å². The van der Waals surface area contributed by atoms with E-state index in [0.29, 0.717) is 72.5 Å². The van der Waals surface area contributed by atoms with Crippen LogP contribution >= 0.6 is 46.4 Å². The van der Waals surface area contributed by atoms with E-state index in [4.69, 9.17) is 55.9 Å². The Morgan fingerprint density at radius 1 is 0.490 bits per heavy atom. The number of carbonyl (C=O) groups excluding carboxylic acids is 2. The zero-order valence-corrected chi connectivity index (χ0v) is 56.3. The van der Waals surface area contributed by atoms with E-state index in [1.54, 1.807) is 48.5 Å². The molecule has 16 nitrogen and oxygen atoms in total. The van der Waals surface area contributed by atoms with Crippen molar-refractivity contribution in [1.29, 1.82) is 0 Å². The highest BCUT2D eigenvalue weighted by atomic mass is 35.5. The lowest BCUT2D eigenvalue weighted by atomic mass is 9.83. The number of nitrogens with zero attached hydrogens (tertiary/aromatic N) is 4. The molecule has 6 aliphatic rings. The number of anilines is 2. The summed E-state index contributed by atoms with van der Waals surface area (Å²) in [4.78, 5) is 56.5. The molecular weight excluding hydrogens is 1420 g/mol. The number of hydrogen-bond donors (Lipinski definition) is 2. The zero-order valence-electron chi connectivity index (χ0n) is 51.6. The fraction of sp³-hybridized carbons (Fsp3) is 0.412. The number of carboxylic acids is 2. The lowest BCUT2D eigenvalue weighted by Gasteiger charge is -2.53. The topological polar surface area (TPSA) is 208 Å². The molecule has 524 valence electrons. The summed E-state index contributed by atoms with van der Waals surface area (Å²) in [5.74, 6) is -8.43. The molecule has 2 amide bonds. The number of aliphatic carboxylic acids is 2. The van der Waals surface area contributed by atoms with Crippen molar-refractivity contribution in [2.24, 2.45) is 11.8 Å². The number of ether oxygens (including phenoxy) is 2. The van der Waals surface area contributed by atoms with E-state index in [0.717, 1.165) is 20.7 Å². The first-order valence-corrected chi connectivity index (χ1v) is 35.8. The number of morpholine rings is 2. The van der Waals surface area contributed by atoms with E-state index in [2.05, 4.69) is 0 Å². The Labute approximate surface area is 579 Å². The van der Waals surface area contributed by atoms with Gasteiger partial charge in [0.15, 0.2) is 11.2 Å². The number of amides is 2. The minimum atomic E-state index is -5.05. The smallest absolute Gasteiger partial charge is 0.392 e. The molecule has 0 spiro atoms. The Bertz CT molecular complexity index is 3940. The number of halogens is 12. The third kappa shape index (κ3) is 16.2. The zero-order chi connectivity index (χ0) is 70.6. The summed E-state index contributed by atoms with van der Waals surface area (Å²) in [6.45, 7) is -0.977. The highest BCUT2D eigenvalue weighted by molar-refractivity contribution is 7.94. The maximum absolute atomic E-state index is 15.4. The number of benzene rings is 6. The van der Waals surface area contributed by atoms with Gasteiger partial charge in [-0.3, -0.25) is 27.8 Å². The normalized spacial score (nSPS) is 23.7. The van der Waals surface area contributed by atoms with Crippen LogP contribution in [-0.4, -0.2) is 120 Å². The minimum Gasteiger partial charge on any atom is -0.481 e. The molecule has 12 rings (SSSR count). The van der Waals surface area contributed by atoms with E-state index < -0.39 is 176 Å². The number of hydrogen-bond acceptors (Lipinski definition) is 10. The van der Waals surface area contributed by atoms with Crippen molar-refractivity contribution in [3.63, 3.8) is 0 Å². The summed E-state index contributed by atoms with van der Waals surface area (Å²) in [6.07, 6.45) is -16.1. The van der Waals surface area contributed by atoms with Crippen LogP contribution in [0.4, 0.5) is 46.5 Å². The number of para-hydroxylation sites is 2. The van der Waals surface area contributed by atoms with Crippen LogP contribution in [0.3, 0.4) is 0 Å². The van der Waals surface area contributed by atoms with E-state index in [9.17, 15) is 72.6 Å².